The first-order valence-corrected chi connectivity index (χ1v) is 10.3. The van der Waals surface area contributed by atoms with Crippen LogP contribution in [-0.4, -0.2) is 52.9 Å². The summed E-state index contributed by atoms with van der Waals surface area (Å²) in [4.78, 5) is 15.1. The number of carbonyl (C=O) groups is 1. The lowest BCUT2D eigenvalue weighted by molar-refractivity contribution is 0.00841. The van der Waals surface area contributed by atoms with Crippen molar-refractivity contribution in [3.05, 3.63) is 47.3 Å². The average Bonchev–Trinajstić information content (AvgIpc) is 3.14. The molecule has 28 heavy (non-hydrogen) atoms. The lowest BCUT2D eigenvalue weighted by Gasteiger charge is -2.32. The number of hydrogen-bond acceptors (Lipinski definition) is 4. The summed E-state index contributed by atoms with van der Waals surface area (Å²) in [7, 11) is 0. The van der Waals surface area contributed by atoms with E-state index in [9.17, 15) is 4.79 Å². The third-order valence-corrected chi connectivity index (χ3v) is 5.29. The van der Waals surface area contributed by atoms with E-state index in [1.807, 2.05) is 21.7 Å². The number of hydrogen-bond donors (Lipinski definition) is 1. The van der Waals surface area contributed by atoms with Crippen LogP contribution in [0.5, 0.6) is 0 Å². The van der Waals surface area contributed by atoms with Crippen LogP contribution in [-0.2, 0) is 4.74 Å². The Morgan fingerprint density at radius 2 is 1.93 bits per heavy atom. The number of amides is 1. The molecule has 0 saturated carbocycles. The number of aromatic nitrogens is 2. The standard InChI is InChI=1S/C22H32N4O2/c1-16(2)21-20(15-24-26(21)18-7-5-17(3)6-8-18)22(27)25-12-9-19(10-13-25)28-14-4-11-23/h5-8,15-16,19H,4,9-14,23H2,1-3H3. The van der Waals surface area contributed by atoms with Gasteiger partial charge in [-0.3, -0.25) is 4.79 Å². The summed E-state index contributed by atoms with van der Waals surface area (Å²) in [6, 6.07) is 8.23. The van der Waals surface area contributed by atoms with Crippen LogP contribution in [0.4, 0.5) is 0 Å². The minimum atomic E-state index is 0.0717. The monoisotopic (exact) mass is 384 g/mol. The zero-order valence-electron chi connectivity index (χ0n) is 17.2. The van der Waals surface area contributed by atoms with E-state index in [1.165, 1.54) is 5.56 Å². The van der Waals surface area contributed by atoms with Crippen molar-refractivity contribution in [2.45, 2.75) is 52.1 Å². The normalized spacial score (nSPS) is 15.4. The molecule has 0 radical (unpaired) electrons. The molecule has 1 aromatic carbocycles. The van der Waals surface area contributed by atoms with Crippen molar-refractivity contribution in [3.8, 4) is 5.69 Å². The fraction of sp³-hybridized carbons (Fsp3) is 0.545. The molecule has 1 amide bonds. The second-order valence-corrected chi connectivity index (χ2v) is 7.85. The highest BCUT2D eigenvalue weighted by atomic mass is 16.5. The molecule has 2 N–H and O–H groups in total. The Bertz CT molecular complexity index is 774. The lowest BCUT2D eigenvalue weighted by Crippen LogP contribution is -2.41. The van der Waals surface area contributed by atoms with Crippen molar-refractivity contribution in [1.29, 1.82) is 0 Å². The number of likely N-dealkylation sites (tertiary alicyclic amines) is 1. The second kappa shape index (κ2) is 9.34. The first kappa shape index (κ1) is 20.6. The summed E-state index contributed by atoms with van der Waals surface area (Å²) in [5.74, 6) is 0.266. The van der Waals surface area contributed by atoms with Crippen LogP contribution >= 0.6 is 0 Å². The second-order valence-electron chi connectivity index (χ2n) is 7.85. The minimum absolute atomic E-state index is 0.0717. The molecule has 1 aliphatic rings. The van der Waals surface area contributed by atoms with Crippen molar-refractivity contribution < 1.29 is 9.53 Å². The third kappa shape index (κ3) is 4.62. The predicted molar refractivity (Wildman–Crippen MR) is 111 cm³/mol. The zero-order valence-corrected chi connectivity index (χ0v) is 17.2. The molecule has 6 heteroatoms. The van der Waals surface area contributed by atoms with Crippen molar-refractivity contribution in [2.24, 2.45) is 5.73 Å². The first-order valence-electron chi connectivity index (χ1n) is 10.3. The molecule has 0 aliphatic carbocycles. The lowest BCUT2D eigenvalue weighted by atomic mass is 10.0. The summed E-state index contributed by atoms with van der Waals surface area (Å²) < 4.78 is 7.76. The van der Waals surface area contributed by atoms with E-state index in [2.05, 4.69) is 38.0 Å². The van der Waals surface area contributed by atoms with Crippen LogP contribution < -0.4 is 5.73 Å². The number of benzene rings is 1. The van der Waals surface area contributed by atoms with Gasteiger partial charge in [0.05, 0.1) is 29.2 Å². The van der Waals surface area contributed by atoms with Crippen LogP contribution in [0.1, 0.15) is 60.6 Å². The number of piperidine rings is 1. The van der Waals surface area contributed by atoms with E-state index >= 15 is 0 Å². The van der Waals surface area contributed by atoms with E-state index in [0.717, 1.165) is 43.7 Å². The van der Waals surface area contributed by atoms with Gasteiger partial charge in [-0.25, -0.2) is 4.68 Å². The van der Waals surface area contributed by atoms with Gasteiger partial charge in [0.1, 0.15) is 0 Å². The van der Waals surface area contributed by atoms with Crippen molar-refractivity contribution >= 4 is 5.91 Å². The maximum atomic E-state index is 13.2. The Hall–Kier alpha value is -2.18. The fourth-order valence-electron chi connectivity index (χ4n) is 3.70. The molecule has 0 spiro atoms. The number of rotatable bonds is 7. The topological polar surface area (TPSA) is 73.4 Å². The summed E-state index contributed by atoms with van der Waals surface area (Å²) in [6.07, 6.45) is 4.59. The largest absolute Gasteiger partial charge is 0.378 e. The van der Waals surface area contributed by atoms with Crippen molar-refractivity contribution in [3.63, 3.8) is 0 Å². The SMILES string of the molecule is Cc1ccc(-n2ncc(C(=O)N3CCC(OCCCN)CC3)c2C(C)C)cc1. The van der Waals surface area contributed by atoms with E-state index in [-0.39, 0.29) is 17.9 Å². The number of carbonyl (C=O) groups excluding carboxylic acids is 1. The number of nitrogens with two attached hydrogens (primary N) is 1. The van der Waals surface area contributed by atoms with Gasteiger partial charge in [0.15, 0.2) is 0 Å². The Morgan fingerprint density at radius 3 is 2.54 bits per heavy atom. The summed E-state index contributed by atoms with van der Waals surface area (Å²) in [6.45, 7) is 9.08. The quantitative estimate of drug-likeness (QED) is 0.744. The van der Waals surface area contributed by atoms with Gasteiger partial charge in [-0.15, -0.1) is 0 Å². The molecule has 0 unspecified atom stereocenters. The summed E-state index contributed by atoms with van der Waals surface area (Å²) in [5.41, 5.74) is 9.38. The molecular weight excluding hydrogens is 352 g/mol. The van der Waals surface area contributed by atoms with Crippen molar-refractivity contribution in [1.82, 2.24) is 14.7 Å². The first-order chi connectivity index (χ1) is 13.5. The summed E-state index contributed by atoms with van der Waals surface area (Å²) >= 11 is 0. The molecular formula is C22H32N4O2. The van der Waals surface area contributed by atoms with E-state index in [1.54, 1.807) is 6.20 Å². The van der Waals surface area contributed by atoms with Gasteiger partial charge >= 0.3 is 0 Å². The number of aryl methyl sites for hydroxylation is 1. The fourth-order valence-corrected chi connectivity index (χ4v) is 3.70. The minimum Gasteiger partial charge on any atom is -0.378 e. The van der Waals surface area contributed by atoms with Gasteiger partial charge in [0.25, 0.3) is 5.91 Å². The van der Waals surface area contributed by atoms with Gasteiger partial charge < -0.3 is 15.4 Å². The Balaban J connectivity index is 1.73. The van der Waals surface area contributed by atoms with E-state index in [0.29, 0.717) is 18.7 Å². The van der Waals surface area contributed by atoms with Gasteiger partial charge in [0, 0.05) is 19.7 Å². The van der Waals surface area contributed by atoms with Crippen LogP contribution in [0.2, 0.25) is 0 Å². The zero-order chi connectivity index (χ0) is 20.1. The third-order valence-electron chi connectivity index (χ3n) is 5.29. The predicted octanol–water partition coefficient (Wildman–Crippen LogP) is 3.27. The number of nitrogens with zero attached hydrogens (tertiary/aromatic N) is 3. The van der Waals surface area contributed by atoms with Crippen LogP contribution in [0, 0.1) is 6.92 Å². The highest BCUT2D eigenvalue weighted by Crippen LogP contribution is 2.26. The smallest absolute Gasteiger partial charge is 0.257 e. The van der Waals surface area contributed by atoms with Gasteiger partial charge in [-0.05, 0) is 50.8 Å². The summed E-state index contributed by atoms with van der Waals surface area (Å²) in [5, 5.41) is 4.55. The molecule has 6 nitrogen and oxygen atoms in total. The maximum Gasteiger partial charge on any atom is 0.257 e. The number of ether oxygens (including phenoxy) is 1. The molecule has 2 heterocycles. The highest BCUT2D eigenvalue weighted by molar-refractivity contribution is 5.95. The van der Waals surface area contributed by atoms with Gasteiger partial charge in [-0.1, -0.05) is 31.5 Å². The molecule has 152 valence electrons. The molecule has 1 aliphatic heterocycles. The molecule has 2 aromatic rings. The Labute approximate surface area is 167 Å². The molecule has 0 bridgehead atoms. The Kier molecular flexibility index (Phi) is 6.86. The van der Waals surface area contributed by atoms with E-state index < -0.39 is 0 Å². The molecule has 1 aromatic heterocycles. The average molecular weight is 385 g/mol. The highest BCUT2D eigenvalue weighted by Gasteiger charge is 2.28. The van der Waals surface area contributed by atoms with E-state index in [4.69, 9.17) is 10.5 Å². The molecule has 0 atom stereocenters. The molecule has 1 fully saturated rings. The van der Waals surface area contributed by atoms with Gasteiger partial charge in [0.2, 0.25) is 0 Å². The maximum absolute atomic E-state index is 13.2. The van der Waals surface area contributed by atoms with Gasteiger partial charge in [-0.2, -0.15) is 5.10 Å². The van der Waals surface area contributed by atoms with Crippen LogP contribution in [0.15, 0.2) is 30.5 Å². The van der Waals surface area contributed by atoms with Crippen LogP contribution in [0.3, 0.4) is 0 Å². The van der Waals surface area contributed by atoms with Crippen molar-refractivity contribution in [2.75, 3.05) is 26.2 Å². The molecule has 3 rings (SSSR count). The van der Waals surface area contributed by atoms with Crippen LogP contribution in [0.25, 0.3) is 5.69 Å². The Morgan fingerprint density at radius 1 is 1.25 bits per heavy atom. The molecule has 1 saturated heterocycles.